The number of nitrogens with zero attached hydrogens (tertiary/aromatic N) is 3. The molecule has 0 radical (unpaired) electrons. The first-order valence-corrected chi connectivity index (χ1v) is 14.0. The molecule has 4 rings (SSSR count). The fraction of sp³-hybridized carbons (Fsp3) is 0.440. The van der Waals surface area contributed by atoms with E-state index in [0.29, 0.717) is 28.4 Å². The summed E-state index contributed by atoms with van der Waals surface area (Å²) in [5.41, 5.74) is 1.23. The van der Waals surface area contributed by atoms with Gasteiger partial charge in [0, 0.05) is 37.3 Å². The number of thiazole rings is 1. The molecule has 0 unspecified atom stereocenters. The van der Waals surface area contributed by atoms with Crippen molar-refractivity contribution in [2.45, 2.75) is 56.5 Å². The number of rotatable bonds is 7. The Morgan fingerprint density at radius 2 is 1.71 bits per heavy atom. The summed E-state index contributed by atoms with van der Waals surface area (Å²) >= 11 is 1.38. The van der Waals surface area contributed by atoms with Crippen molar-refractivity contribution < 1.29 is 22.7 Å². The summed E-state index contributed by atoms with van der Waals surface area (Å²) in [4.78, 5) is 18.1. The van der Waals surface area contributed by atoms with Crippen molar-refractivity contribution in [3.63, 3.8) is 0 Å². The van der Waals surface area contributed by atoms with E-state index in [1.807, 2.05) is 23.6 Å². The molecule has 1 heterocycles. The predicted octanol–water partition coefficient (Wildman–Crippen LogP) is 4.43. The third-order valence-electron chi connectivity index (χ3n) is 6.57. The molecule has 0 bridgehead atoms. The Morgan fingerprint density at radius 3 is 2.31 bits per heavy atom. The van der Waals surface area contributed by atoms with Crippen LogP contribution in [0.3, 0.4) is 0 Å². The number of hydrogen-bond donors (Lipinski definition) is 0. The molecule has 1 saturated carbocycles. The Kier molecular flexibility index (Phi) is 7.63. The van der Waals surface area contributed by atoms with Crippen LogP contribution in [-0.2, 0) is 16.6 Å². The molecule has 1 aliphatic carbocycles. The Morgan fingerprint density at radius 1 is 1.09 bits per heavy atom. The number of fused-ring (bicyclic) bond motifs is 1. The fourth-order valence-electron chi connectivity index (χ4n) is 4.52. The number of carbonyl (C=O) groups excluding carboxylic acids is 1. The van der Waals surface area contributed by atoms with Gasteiger partial charge in [-0.05, 0) is 44.0 Å². The van der Waals surface area contributed by atoms with Crippen molar-refractivity contribution in [3.8, 4) is 11.5 Å². The Hall–Kier alpha value is -2.69. The van der Waals surface area contributed by atoms with Gasteiger partial charge in [0.05, 0.1) is 29.3 Å². The lowest BCUT2D eigenvalue weighted by atomic mass is 9.96. The predicted molar refractivity (Wildman–Crippen MR) is 137 cm³/mol. The summed E-state index contributed by atoms with van der Waals surface area (Å²) in [6.07, 6.45) is 5.03. The maximum absolute atomic E-state index is 13.1. The summed E-state index contributed by atoms with van der Waals surface area (Å²) in [6.45, 7) is 2.60. The highest BCUT2D eigenvalue weighted by Gasteiger charge is 2.29. The highest BCUT2D eigenvalue weighted by molar-refractivity contribution is 7.89. The SMILES string of the molecule is CCn1c(=NC(=O)c2ccc(S(=O)(=O)N(C)C3CCCCC3)cc2)sc2cc(OC)c(OC)cc21. The number of benzene rings is 2. The number of hydrogen-bond acceptors (Lipinski definition) is 6. The first-order valence-electron chi connectivity index (χ1n) is 11.7. The molecule has 188 valence electrons. The molecule has 0 aliphatic heterocycles. The van der Waals surface area contributed by atoms with Gasteiger partial charge in [-0.2, -0.15) is 9.30 Å². The minimum Gasteiger partial charge on any atom is -0.493 e. The lowest BCUT2D eigenvalue weighted by Crippen LogP contribution is -2.38. The van der Waals surface area contributed by atoms with Crippen LogP contribution in [0.15, 0.2) is 46.3 Å². The number of ether oxygens (including phenoxy) is 2. The average Bonchev–Trinajstić information content (AvgIpc) is 3.23. The standard InChI is InChI=1S/C25H31N3O5S2/c1-5-28-20-15-21(32-3)22(33-4)16-23(20)34-25(28)26-24(29)17-11-13-19(14-12-17)35(30,31)27(2)18-9-7-6-8-10-18/h11-16,18H,5-10H2,1-4H3. The van der Waals surface area contributed by atoms with E-state index in [4.69, 9.17) is 9.47 Å². The second-order valence-electron chi connectivity index (χ2n) is 8.56. The van der Waals surface area contributed by atoms with Gasteiger partial charge in [0.15, 0.2) is 16.3 Å². The first kappa shape index (κ1) is 25.4. The highest BCUT2D eigenvalue weighted by atomic mass is 32.2. The number of sulfonamides is 1. The zero-order chi connectivity index (χ0) is 25.2. The summed E-state index contributed by atoms with van der Waals surface area (Å²) in [7, 11) is 1.19. The van der Waals surface area contributed by atoms with E-state index in [1.165, 1.54) is 39.9 Å². The van der Waals surface area contributed by atoms with E-state index in [0.717, 1.165) is 42.3 Å². The quantitative estimate of drug-likeness (QED) is 0.462. The van der Waals surface area contributed by atoms with Crippen molar-refractivity contribution in [3.05, 3.63) is 46.8 Å². The molecule has 1 amide bonds. The molecule has 1 aliphatic rings. The summed E-state index contributed by atoms with van der Waals surface area (Å²) in [6, 6.07) is 9.82. The molecule has 0 saturated heterocycles. The first-order chi connectivity index (χ1) is 16.8. The molecule has 1 fully saturated rings. The summed E-state index contributed by atoms with van der Waals surface area (Å²) < 4.78 is 41.3. The van der Waals surface area contributed by atoms with Gasteiger partial charge in [0.2, 0.25) is 10.0 Å². The van der Waals surface area contributed by atoms with Crippen molar-refractivity contribution in [2.75, 3.05) is 21.3 Å². The summed E-state index contributed by atoms with van der Waals surface area (Å²) in [5.74, 6) is 0.785. The van der Waals surface area contributed by atoms with Gasteiger partial charge in [-0.25, -0.2) is 8.42 Å². The molecule has 0 spiro atoms. The number of aromatic nitrogens is 1. The Bertz CT molecular complexity index is 1380. The van der Waals surface area contributed by atoms with Gasteiger partial charge in [0.25, 0.3) is 5.91 Å². The van der Waals surface area contributed by atoms with Crippen LogP contribution in [0.2, 0.25) is 0 Å². The maximum atomic E-state index is 13.1. The molecular formula is C25H31N3O5S2. The molecule has 1 aromatic heterocycles. The monoisotopic (exact) mass is 517 g/mol. The number of carbonyl (C=O) groups is 1. The Balaban J connectivity index is 1.63. The normalized spacial score (nSPS) is 15.6. The molecule has 8 nitrogen and oxygen atoms in total. The van der Waals surface area contributed by atoms with Crippen LogP contribution in [0, 0.1) is 0 Å². The van der Waals surface area contributed by atoms with Crippen LogP contribution >= 0.6 is 11.3 Å². The van der Waals surface area contributed by atoms with Crippen LogP contribution in [0.25, 0.3) is 10.2 Å². The Labute approximate surface area is 209 Å². The summed E-state index contributed by atoms with van der Waals surface area (Å²) in [5, 5.41) is 0. The van der Waals surface area contributed by atoms with Gasteiger partial charge in [-0.1, -0.05) is 30.6 Å². The van der Waals surface area contributed by atoms with Crippen LogP contribution in [-0.4, -0.2) is 50.5 Å². The van der Waals surface area contributed by atoms with Crippen molar-refractivity contribution in [1.29, 1.82) is 0 Å². The molecule has 10 heteroatoms. The number of amides is 1. The van der Waals surface area contributed by atoms with Gasteiger partial charge >= 0.3 is 0 Å². The van der Waals surface area contributed by atoms with E-state index in [-0.39, 0.29) is 10.9 Å². The van der Waals surface area contributed by atoms with Crippen molar-refractivity contribution in [2.24, 2.45) is 4.99 Å². The topological polar surface area (TPSA) is 90.2 Å². The second-order valence-corrected chi connectivity index (χ2v) is 11.6. The average molecular weight is 518 g/mol. The lowest BCUT2D eigenvalue weighted by Gasteiger charge is -2.30. The van der Waals surface area contributed by atoms with Crippen LogP contribution in [0.4, 0.5) is 0 Å². The van der Waals surface area contributed by atoms with Crippen molar-refractivity contribution in [1.82, 2.24) is 8.87 Å². The third kappa shape index (κ3) is 5.00. The van der Waals surface area contributed by atoms with Gasteiger partial charge in [-0.3, -0.25) is 4.79 Å². The molecule has 35 heavy (non-hydrogen) atoms. The zero-order valence-corrected chi connectivity index (χ0v) is 22.1. The molecule has 0 atom stereocenters. The van der Waals surface area contributed by atoms with E-state index in [2.05, 4.69) is 4.99 Å². The lowest BCUT2D eigenvalue weighted by molar-refractivity contribution is 0.0997. The molecule has 3 aromatic rings. The maximum Gasteiger partial charge on any atom is 0.279 e. The minimum absolute atomic E-state index is 0.0276. The van der Waals surface area contributed by atoms with Crippen LogP contribution in [0.1, 0.15) is 49.4 Å². The highest BCUT2D eigenvalue weighted by Crippen LogP contribution is 2.33. The molecule has 2 aromatic carbocycles. The number of methoxy groups -OCH3 is 2. The van der Waals surface area contributed by atoms with Crippen LogP contribution < -0.4 is 14.3 Å². The molecule has 0 N–H and O–H groups in total. The zero-order valence-electron chi connectivity index (χ0n) is 20.5. The van der Waals surface area contributed by atoms with Gasteiger partial charge < -0.3 is 14.0 Å². The van der Waals surface area contributed by atoms with Gasteiger partial charge in [0.1, 0.15) is 0 Å². The van der Waals surface area contributed by atoms with E-state index < -0.39 is 15.9 Å². The number of aryl methyl sites for hydroxylation is 1. The van der Waals surface area contributed by atoms with E-state index >= 15 is 0 Å². The molecular weight excluding hydrogens is 486 g/mol. The van der Waals surface area contributed by atoms with Crippen LogP contribution in [0.5, 0.6) is 11.5 Å². The van der Waals surface area contributed by atoms with Gasteiger partial charge in [-0.15, -0.1) is 0 Å². The fourth-order valence-corrected chi connectivity index (χ4v) is 7.03. The van der Waals surface area contributed by atoms with Crippen molar-refractivity contribution >= 4 is 37.5 Å². The smallest absolute Gasteiger partial charge is 0.279 e. The van der Waals surface area contributed by atoms with E-state index in [1.54, 1.807) is 21.3 Å². The second kappa shape index (κ2) is 10.5. The largest absolute Gasteiger partial charge is 0.493 e. The van der Waals surface area contributed by atoms with E-state index in [9.17, 15) is 13.2 Å². The minimum atomic E-state index is -3.62. The third-order valence-corrected chi connectivity index (χ3v) is 9.53.